The SMILES string of the molecule is CN1CCN(CC(=O)NC2Cc3ccccc3Sc3ccc(Cl)cc32)CC1. The van der Waals surface area contributed by atoms with Gasteiger partial charge in [-0.3, -0.25) is 9.69 Å². The summed E-state index contributed by atoms with van der Waals surface area (Å²) in [5, 5.41) is 3.98. The molecule has 0 saturated carbocycles. The van der Waals surface area contributed by atoms with E-state index >= 15 is 0 Å². The molecule has 1 atom stereocenters. The minimum absolute atomic E-state index is 0.0604. The highest BCUT2D eigenvalue weighted by Gasteiger charge is 2.25. The van der Waals surface area contributed by atoms with Crippen molar-refractivity contribution in [2.45, 2.75) is 22.3 Å². The van der Waals surface area contributed by atoms with Crippen LogP contribution in [0.1, 0.15) is 17.2 Å². The lowest BCUT2D eigenvalue weighted by molar-refractivity contribution is -0.123. The van der Waals surface area contributed by atoms with Gasteiger partial charge in [0.1, 0.15) is 0 Å². The van der Waals surface area contributed by atoms with Crippen LogP contribution in [-0.4, -0.2) is 55.5 Å². The van der Waals surface area contributed by atoms with Crippen molar-refractivity contribution in [3.05, 3.63) is 58.6 Å². The highest BCUT2D eigenvalue weighted by Crippen LogP contribution is 2.41. The second-order valence-corrected chi connectivity index (χ2v) is 8.82. The number of hydrogen-bond donors (Lipinski definition) is 1. The van der Waals surface area contributed by atoms with Crippen molar-refractivity contribution < 1.29 is 4.79 Å². The fraction of sp³-hybridized carbons (Fsp3) is 0.381. The molecule has 1 unspecified atom stereocenters. The van der Waals surface area contributed by atoms with Gasteiger partial charge in [0.05, 0.1) is 12.6 Å². The van der Waals surface area contributed by atoms with E-state index in [1.807, 2.05) is 12.1 Å². The third kappa shape index (κ3) is 4.49. The first-order chi connectivity index (χ1) is 13.1. The maximum absolute atomic E-state index is 12.8. The standard InChI is InChI=1S/C21H24ClN3OS/c1-24-8-10-25(11-9-24)14-21(26)23-18-12-15-4-2-3-5-19(15)27-20-7-6-16(22)13-17(18)20/h2-7,13,18H,8-12,14H2,1H3,(H,23,26). The van der Waals surface area contributed by atoms with Crippen LogP contribution in [0.5, 0.6) is 0 Å². The summed E-state index contributed by atoms with van der Waals surface area (Å²) < 4.78 is 0. The highest BCUT2D eigenvalue weighted by molar-refractivity contribution is 7.99. The molecule has 2 aromatic carbocycles. The quantitative estimate of drug-likeness (QED) is 0.854. The van der Waals surface area contributed by atoms with Gasteiger partial charge in [-0.15, -0.1) is 0 Å². The van der Waals surface area contributed by atoms with E-state index in [-0.39, 0.29) is 11.9 Å². The van der Waals surface area contributed by atoms with E-state index in [1.165, 1.54) is 10.5 Å². The number of nitrogens with one attached hydrogen (secondary N) is 1. The first kappa shape index (κ1) is 18.8. The Bertz CT molecular complexity index is 836. The Kier molecular flexibility index (Phi) is 5.74. The van der Waals surface area contributed by atoms with E-state index in [2.05, 4.69) is 52.5 Å². The molecule has 2 aliphatic heterocycles. The molecule has 0 spiro atoms. The Morgan fingerprint density at radius 1 is 1.15 bits per heavy atom. The third-order valence-corrected chi connectivity index (χ3v) is 6.71. The number of amides is 1. The number of carbonyl (C=O) groups is 1. The molecule has 6 heteroatoms. The molecule has 2 aliphatic rings. The summed E-state index contributed by atoms with van der Waals surface area (Å²) in [5.74, 6) is 0.0832. The van der Waals surface area contributed by atoms with Crippen LogP contribution in [0, 0.1) is 0 Å². The molecular formula is C21H24ClN3OS. The lowest BCUT2D eigenvalue weighted by Gasteiger charge is -2.32. The maximum Gasteiger partial charge on any atom is 0.234 e. The van der Waals surface area contributed by atoms with Gasteiger partial charge in [-0.1, -0.05) is 41.6 Å². The lowest BCUT2D eigenvalue weighted by Crippen LogP contribution is -2.48. The lowest BCUT2D eigenvalue weighted by atomic mass is 9.99. The van der Waals surface area contributed by atoms with Crippen molar-refractivity contribution in [2.75, 3.05) is 39.8 Å². The zero-order chi connectivity index (χ0) is 18.8. The summed E-state index contributed by atoms with van der Waals surface area (Å²) in [7, 11) is 2.12. The second kappa shape index (κ2) is 8.23. The van der Waals surface area contributed by atoms with Crippen LogP contribution in [0.15, 0.2) is 52.3 Å². The summed E-state index contributed by atoms with van der Waals surface area (Å²) in [4.78, 5) is 19.7. The summed E-state index contributed by atoms with van der Waals surface area (Å²) in [5.41, 5.74) is 2.37. The van der Waals surface area contributed by atoms with Crippen LogP contribution < -0.4 is 5.32 Å². The molecule has 2 aromatic rings. The molecule has 1 fully saturated rings. The number of hydrogen-bond acceptors (Lipinski definition) is 4. The monoisotopic (exact) mass is 401 g/mol. The third-order valence-electron chi connectivity index (χ3n) is 5.26. The Labute approximate surface area is 169 Å². The topological polar surface area (TPSA) is 35.6 Å². The fourth-order valence-electron chi connectivity index (χ4n) is 3.68. The van der Waals surface area contributed by atoms with Crippen LogP contribution in [0.4, 0.5) is 0 Å². The first-order valence-electron chi connectivity index (χ1n) is 9.34. The van der Waals surface area contributed by atoms with Gasteiger partial charge in [0.2, 0.25) is 5.91 Å². The highest BCUT2D eigenvalue weighted by atomic mass is 35.5. The van der Waals surface area contributed by atoms with E-state index in [1.54, 1.807) is 11.8 Å². The van der Waals surface area contributed by atoms with Crippen LogP contribution in [-0.2, 0) is 11.2 Å². The van der Waals surface area contributed by atoms with Gasteiger partial charge in [-0.2, -0.15) is 0 Å². The van der Waals surface area contributed by atoms with E-state index in [0.29, 0.717) is 11.6 Å². The van der Waals surface area contributed by atoms with Crippen molar-refractivity contribution >= 4 is 29.3 Å². The molecule has 4 rings (SSSR count). The van der Waals surface area contributed by atoms with Gasteiger partial charge in [-0.25, -0.2) is 0 Å². The van der Waals surface area contributed by atoms with E-state index < -0.39 is 0 Å². The van der Waals surface area contributed by atoms with E-state index in [0.717, 1.165) is 43.1 Å². The van der Waals surface area contributed by atoms with Crippen molar-refractivity contribution in [3.8, 4) is 0 Å². The molecule has 1 saturated heterocycles. The van der Waals surface area contributed by atoms with Gasteiger partial charge in [0.25, 0.3) is 0 Å². The molecule has 0 bridgehead atoms. The van der Waals surface area contributed by atoms with Crippen LogP contribution in [0.3, 0.4) is 0 Å². The van der Waals surface area contributed by atoms with Gasteiger partial charge >= 0.3 is 0 Å². The molecule has 0 radical (unpaired) electrons. The summed E-state index contributed by atoms with van der Waals surface area (Å²) >= 11 is 8.03. The van der Waals surface area contributed by atoms with Gasteiger partial charge in [-0.05, 0) is 48.9 Å². The van der Waals surface area contributed by atoms with Crippen molar-refractivity contribution in [1.82, 2.24) is 15.1 Å². The Morgan fingerprint density at radius 2 is 1.93 bits per heavy atom. The number of halogens is 1. The fourth-order valence-corrected chi connectivity index (χ4v) is 4.98. The zero-order valence-electron chi connectivity index (χ0n) is 15.5. The van der Waals surface area contributed by atoms with E-state index in [4.69, 9.17) is 11.6 Å². The van der Waals surface area contributed by atoms with Crippen molar-refractivity contribution in [2.24, 2.45) is 0 Å². The van der Waals surface area contributed by atoms with Crippen molar-refractivity contribution in [3.63, 3.8) is 0 Å². The Hall–Kier alpha value is -1.53. The van der Waals surface area contributed by atoms with Crippen LogP contribution in [0.25, 0.3) is 0 Å². The minimum atomic E-state index is -0.0604. The number of rotatable bonds is 3. The van der Waals surface area contributed by atoms with Gasteiger partial charge < -0.3 is 10.2 Å². The predicted octanol–water partition coefficient (Wildman–Crippen LogP) is 3.45. The average Bonchev–Trinajstić information content (AvgIpc) is 2.80. The van der Waals surface area contributed by atoms with Gasteiger partial charge in [0, 0.05) is 41.0 Å². The first-order valence-corrected chi connectivity index (χ1v) is 10.5. The molecule has 1 N–H and O–H groups in total. The molecule has 27 heavy (non-hydrogen) atoms. The molecule has 0 aromatic heterocycles. The number of benzene rings is 2. The molecular weight excluding hydrogens is 378 g/mol. The molecule has 2 heterocycles. The molecule has 142 valence electrons. The summed E-state index contributed by atoms with van der Waals surface area (Å²) in [6, 6.07) is 14.3. The second-order valence-electron chi connectivity index (χ2n) is 7.30. The number of fused-ring (bicyclic) bond motifs is 2. The number of carbonyl (C=O) groups excluding carboxylic acids is 1. The average molecular weight is 402 g/mol. The molecule has 1 amide bonds. The van der Waals surface area contributed by atoms with Gasteiger partial charge in [0.15, 0.2) is 0 Å². The number of likely N-dealkylation sites (N-methyl/N-ethyl adjacent to an activating group) is 1. The molecule has 4 nitrogen and oxygen atoms in total. The smallest absolute Gasteiger partial charge is 0.234 e. The van der Waals surface area contributed by atoms with Crippen LogP contribution in [0.2, 0.25) is 5.02 Å². The summed E-state index contributed by atoms with van der Waals surface area (Å²) in [6.45, 7) is 4.36. The Balaban J connectivity index is 1.54. The predicted molar refractivity (Wildman–Crippen MR) is 111 cm³/mol. The number of piperazine rings is 1. The number of nitrogens with zero attached hydrogens (tertiary/aromatic N) is 2. The maximum atomic E-state index is 12.8. The van der Waals surface area contributed by atoms with Crippen molar-refractivity contribution in [1.29, 1.82) is 0 Å². The summed E-state index contributed by atoms with van der Waals surface area (Å²) in [6.07, 6.45) is 0.783. The minimum Gasteiger partial charge on any atom is -0.348 e. The normalized spacial score (nSPS) is 20.4. The largest absolute Gasteiger partial charge is 0.348 e. The molecule has 0 aliphatic carbocycles. The van der Waals surface area contributed by atoms with E-state index in [9.17, 15) is 4.79 Å². The van der Waals surface area contributed by atoms with Crippen LogP contribution >= 0.6 is 23.4 Å². The Morgan fingerprint density at radius 3 is 2.74 bits per heavy atom. The zero-order valence-corrected chi connectivity index (χ0v) is 17.0.